The fraction of sp³-hybridized carbons (Fsp3) is 0.143. The first-order chi connectivity index (χ1) is 5.83. The van der Waals surface area contributed by atoms with E-state index in [0.717, 1.165) is 11.3 Å². The van der Waals surface area contributed by atoms with Gasteiger partial charge in [0.05, 0.1) is 0 Å². The van der Waals surface area contributed by atoms with Gasteiger partial charge in [0.2, 0.25) is 0 Å². The summed E-state index contributed by atoms with van der Waals surface area (Å²) >= 11 is 1.39. The molecule has 1 heterocycles. The van der Waals surface area contributed by atoms with Gasteiger partial charge in [-0.2, -0.15) is 5.10 Å². The lowest BCUT2D eigenvalue weighted by atomic mass is 10.3. The quantitative estimate of drug-likeness (QED) is 0.302. The zero-order valence-electron chi connectivity index (χ0n) is 6.47. The first-order valence-corrected chi connectivity index (χ1v) is 4.36. The van der Waals surface area contributed by atoms with Gasteiger partial charge in [-0.3, -0.25) is 4.98 Å². The zero-order chi connectivity index (χ0) is 8.81. The summed E-state index contributed by atoms with van der Waals surface area (Å²) in [7, 11) is 0. The van der Waals surface area contributed by atoms with Crippen LogP contribution in [0.2, 0.25) is 0 Å². The maximum absolute atomic E-state index is 5.39. The molecule has 0 saturated carbocycles. The van der Waals surface area contributed by atoms with Crippen molar-refractivity contribution in [3.63, 3.8) is 0 Å². The lowest BCUT2D eigenvalue weighted by Gasteiger charge is -1.98. The van der Waals surface area contributed by atoms with E-state index in [4.69, 9.17) is 11.6 Å². The molecule has 5 heteroatoms. The van der Waals surface area contributed by atoms with Crippen LogP contribution in [0.15, 0.2) is 29.6 Å². The second-order valence-electron chi connectivity index (χ2n) is 2.12. The number of thioether (sulfide) groups is 1. The maximum atomic E-state index is 5.39. The standard InChI is InChI=1S/C7H10N4S/c8-7(11-9)12-5-6-2-1-3-10-4-6/h1-4H,5,9H2,(H2,8,11). The second kappa shape index (κ2) is 4.61. The van der Waals surface area contributed by atoms with Crippen LogP contribution >= 0.6 is 11.8 Å². The van der Waals surface area contributed by atoms with Gasteiger partial charge in [-0.1, -0.05) is 17.8 Å². The number of nitrogens with two attached hydrogens (primary N) is 2. The van der Waals surface area contributed by atoms with Gasteiger partial charge in [0.25, 0.3) is 0 Å². The summed E-state index contributed by atoms with van der Waals surface area (Å²) < 4.78 is 0. The molecule has 1 aromatic rings. The number of hydrazone groups is 1. The third-order valence-corrected chi connectivity index (χ3v) is 2.12. The summed E-state index contributed by atoms with van der Waals surface area (Å²) in [4.78, 5) is 3.96. The van der Waals surface area contributed by atoms with Crippen molar-refractivity contribution in [1.82, 2.24) is 4.98 Å². The summed E-state index contributed by atoms with van der Waals surface area (Å²) in [6.45, 7) is 0. The predicted octanol–water partition coefficient (Wildman–Crippen LogP) is 0.503. The molecule has 0 unspecified atom stereocenters. The minimum absolute atomic E-state index is 0.388. The maximum Gasteiger partial charge on any atom is 0.177 e. The van der Waals surface area contributed by atoms with Crippen LogP contribution in [-0.4, -0.2) is 10.2 Å². The Kier molecular flexibility index (Phi) is 3.40. The fourth-order valence-corrected chi connectivity index (χ4v) is 1.24. The lowest BCUT2D eigenvalue weighted by molar-refractivity contribution is 1.24. The normalized spacial score (nSPS) is 11.5. The number of aromatic nitrogens is 1. The molecule has 0 aliphatic heterocycles. The molecule has 0 bridgehead atoms. The molecule has 0 aromatic carbocycles. The average molecular weight is 182 g/mol. The molecule has 0 atom stereocenters. The molecule has 12 heavy (non-hydrogen) atoms. The second-order valence-corrected chi connectivity index (χ2v) is 3.11. The van der Waals surface area contributed by atoms with Gasteiger partial charge in [-0.15, -0.1) is 0 Å². The molecular formula is C7H10N4S. The summed E-state index contributed by atoms with van der Waals surface area (Å²) in [5.74, 6) is 5.71. The highest BCUT2D eigenvalue weighted by atomic mass is 32.2. The SMILES string of the molecule is NN=C(N)SCc1cccnc1. The Balaban J connectivity index is 2.44. The molecular weight excluding hydrogens is 172 g/mol. The first-order valence-electron chi connectivity index (χ1n) is 3.38. The van der Waals surface area contributed by atoms with Crippen molar-refractivity contribution >= 4 is 16.9 Å². The zero-order valence-corrected chi connectivity index (χ0v) is 7.29. The Morgan fingerprint density at radius 2 is 2.50 bits per heavy atom. The summed E-state index contributed by atoms with van der Waals surface area (Å²) in [5, 5.41) is 3.73. The number of amidine groups is 1. The summed E-state index contributed by atoms with van der Waals surface area (Å²) in [6.07, 6.45) is 3.52. The van der Waals surface area contributed by atoms with Gasteiger partial charge >= 0.3 is 0 Å². The minimum atomic E-state index is 0.388. The third kappa shape index (κ3) is 2.79. The van der Waals surface area contributed by atoms with Gasteiger partial charge in [-0.05, 0) is 11.6 Å². The van der Waals surface area contributed by atoms with E-state index in [1.807, 2.05) is 12.1 Å². The van der Waals surface area contributed by atoms with E-state index in [0.29, 0.717) is 5.17 Å². The van der Waals surface area contributed by atoms with Crippen LogP contribution in [0, 0.1) is 0 Å². The van der Waals surface area contributed by atoms with E-state index in [1.54, 1.807) is 12.4 Å². The van der Waals surface area contributed by atoms with Crippen molar-refractivity contribution in [1.29, 1.82) is 0 Å². The molecule has 0 aliphatic rings. The molecule has 0 spiro atoms. The van der Waals surface area contributed by atoms with Gasteiger partial charge in [0.15, 0.2) is 5.17 Å². The largest absolute Gasteiger partial charge is 0.377 e. The average Bonchev–Trinajstić information content (AvgIpc) is 2.16. The molecule has 0 aliphatic carbocycles. The predicted molar refractivity (Wildman–Crippen MR) is 51.3 cm³/mol. The van der Waals surface area contributed by atoms with Crippen LogP contribution in [0.3, 0.4) is 0 Å². The smallest absolute Gasteiger partial charge is 0.177 e. The van der Waals surface area contributed by atoms with Crippen LogP contribution in [0.5, 0.6) is 0 Å². The summed E-state index contributed by atoms with van der Waals surface area (Å²) in [6, 6.07) is 3.86. The van der Waals surface area contributed by atoms with Gasteiger partial charge in [0, 0.05) is 18.1 Å². The van der Waals surface area contributed by atoms with E-state index in [2.05, 4.69) is 10.1 Å². The van der Waals surface area contributed by atoms with Crippen LogP contribution in [0.1, 0.15) is 5.56 Å². The monoisotopic (exact) mass is 182 g/mol. The lowest BCUT2D eigenvalue weighted by Crippen LogP contribution is -2.09. The molecule has 4 nitrogen and oxygen atoms in total. The highest BCUT2D eigenvalue weighted by molar-refractivity contribution is 8.13. The van der Waals surface area contributed by atoms with Crippen molar-refractivity contribution in [2.45, 2.75) is 5.75 Å². The highest BCUT2D eigenvalue weighted by Crippen LogP contribution is 2.09. The first kappa shape index (κ1) is 8.86. The Morgan fingerprint density at radius 1 is 1.67 bits per heavy atom. The number of nitrogens with zero attached hydrogens (tertiary/aromatic N) is 2. The van der Waals surface area contributed by atoms with Gasteiger partial charge in [0.1, 0.15) is 0 Å². The van der Waals surface area contributed by atoms with E-state index in [1.165, 1.54) is 11.8 Å². The third-order valence-electron chi connectivity index (χ3n) is 1.24. The van der Waals surface area contributed by atoms with Gasteiger partial charge in [-0.25, -0.2) is 0 Å². The van der Waals surface area contributed by atoms with E-state index >= 15 is 0 Å². The van der Waals surface area contributed by atoms with Crippen LogP contribution in [0.4, 0.5) is 0 Å². The molecule has 64 valence electrons. The Labute approximate surface area is 75.0 Å². The Hall–Kier alpha value is -1.23. The number of pyridine rings is 1. The Bertz CT molecular complexity index is 259. The number of hydrogen-bond donors (Lipinski definition) is 2. The van der Waals surface area contributed by atoms with E-state index in [9.17, 15) is 0 Å². The molecule has 0 saturated heterocycles. The molecule has 0 fully saturated rings. The van der Waals surface area contributed by atoms with Crippen molar-refractivity contribution in [2.75, 3.05) is 0 Å². The molecule has 1 aromatic heterocycles. The summed E-state index contributed by atoms with van der Waals surface area (Å²) in [5.41, 5.74) is 6.49. The van der Waals surface area contributed by atoms with E-state index in [-0.39, 0.29) is 0 Å². The molecule has 0 radical (unpaired) electrons. The van der Waals surface area contributed by atoms with Crippen molar-refractivity contribution < 1.29 is 0 Å². The minimum Gasteiger partial charge on any atom is -0.377 e. The van der Waals surface area contributed by atoms with E-state index < -0.39 is 0 Å². The van der Waals surface area contributed by atoms with Crippen LogP contribution in [0.25, 0.3) is 0 Å². The fourth-order valence-electron chi connectivity index (χ4n) is 0.678. The topological polar surface area (TPSA) is 77.3 Å². The number of rotatable bonds is 2. The molecule has 1 rings (SSSR count). The molecule has 4 N–H and O–H groups in total. The molecule has 0 amide bonds. The van der Waals surface area contributed by atoms with Crippen molar-refractivity contribution in [2.24, 2.45) is 16.7 Å². The van der Waals surface area contributed by atoms with Crippen LogP contribution in [-0.2, 0) is 5.75 Å². The van der Waals surface area contributed by atoms with Gasteiger partial charge < -0.3 is 11.6 Å². The highest BCUT2D eigenvalue weighted by Gasteiger charge is 1.94. The Morgan fingerprint density at radius 3 is 3.08 bits per heavy atom. The van der Waals surface area contributed by atoms with Crippen molar-refractivity contribution in [3.05, 3.63) is 30.1 Å². The number of hydrogen-bond acceptors (Lipinski definition) is 4. The van der Waals surface area contributed by atoms with Crippen LogP contribution < -0.4 is 11.6 Å². The van der Waals surface area contributed by atoms with Crippen molar-refractivity contribution in [3.8, 4) is 0 Å².